The van der Waals surface area contributed by atoms with E-state index < -0.39 is 0 Å². The van der Waals surface area contributed by atoms with E-state index >= 15 is 0 Å². The van der Waals surface area contributed by atoms with Gasteiger partial charge in [-0.1, -0.05) is 6.07 Å². The molecule has 1 heterocycles. The number of rotatable bonds is 3. The van der Waals surface area contributed by atoms with Crippen LogP contribution in [0.25, 0.3) is 0 Å². The monoisotopic (exact) mass is 308 g/mol. The Morgan fingerprint density at radius 1 is 1.17 bits per heavy atom. The SMILES string of the molecule is Cc1cc(C)cc(Oc2ncnc(NN)c2Br)c1. The lowest BCUT2D eigenvalue weighted by atomic mass is 10.1. The molecule has 0 aliphatic carbocycles. The van der Waals surface area contributed by atoms with Gasteiger partial charge < -0.3 is 10.2 Å². The fraction of sp³-hybridized carbons (Fsp3) is 0.167. The average Bonchev–Trinajstić information content (AvgIpc) is 2.30. The van der Waals surface area contributed by atoms with Crippen molar-refractivity contribution in [3.8, 4) is 11.6 Å². The Morgan fingerprint density at radius 3 is 2.44 bits per heavy atom. The van der Waals surface area contributed by atoms with E-state index in [1.165, 1.54) is 6.33 Å². The molecule has 1 aromatic heterocycles. The van der Waals surface area contributed by atoms with Crippen molar-refractivity contribution in [2.75, 3.05) is 5.43 Å². The summed E-state index contributed by atoms with van der Waals surface area (Å²) in [6, 6.07) is 5.96. The van der Waals surface area contributed by atoms with Crippen LogP contribution in [0.4, 0.5) is 5.82 Å². The van der Waals surface area contributed by atoms with Crippen LogP contribution >= 0.6 is 15.9 Å². The number of nitrogens with zero attached hydrogens (tertiary/aromatic N) is 2. The number of nitrogens with two attached hydrogens (primary N) is 1. The van der Waals surface area contributed by atoms with Gasteiger partial charge in [-0.25, -0.2) is 15.8 Å². The molecule has 0 radical (unpaired) electrons. The van der Waals surface area contributed by atoms with E-state index in [1.807, 2.05) is 26.0 Å². The van der Waals surface area contributed by atoms with Gasteiger partial charge in [-0.05, 0) is 53.0 Å². The predicted molar refractivity (Wildman–Crippen MR) is 73.5 cm³/mol. The van der Waals surface area contributed by atoms with Crippen molar-refractivity contribution in [2.24, 2.45) is 5.84 Å². The largest absolute Gasteiger partial charge is 0.438 e. The summed E-state index contributed by atoms with van der Waals surface area (Å²) >= 11 is 3.34. The number of hydrazine groups is 1. The van der Waals surface area contributed by atoms with Gasteiger partial charge in [-0.15, -0.1) is 0 Å². The zero-order valence-electron chi connectivity index (χ0n) is 10.1. The molecule has 2 rings (SSSR count). The maximum absolute atomic E-state index is 5.72. The third kappa shape index (κ3) is 2.77. The molecule has 94 valence electrons. The molecule has 0 aliphatic rings. The first-order chi connectivity index (χ1) is 8.60. The number of aromatic nitrogens is 2. The maximum atomic E-state index is 5.72. The summed E-state index contributed by atoms with van der Waals surface area (Å²) in [5.74, 6) is 6.96. The van der Waals surface area contributed by atoms with Crippen molar-refractivity contribution >= 4 is 21.7 Å². The fourth-order valence-electron chi connectivity index (χ4n) is 1.63. The minimum absolute atomic E-state index is 0.419. The minimum atomic E-state index is 0.419. The molecule has 0 unspecified atom stereocenters. The van der Waals surface area contributed by atoms with E-state index in [2.05, 4.69) is 37.4 Å². The van der Waals surface area contributed by atoms with Crippen molar-refractivity contribution in [1.82, 2.24) is 9.97 Å². The van der Waals surface area contributed by atoms with Crippen LogP contribution in [0.15, 0.2) is 29.0 Å². The third-order valence-electron chi connectivity index (χ3n) is 2.30. The number of halogens is 1. The highest BCUT2D eigenvalue weighted by molar-refractivity contribution is 9.10. The topological polar surface area (TPSA) is 73.1 Å². The molecule has 5 nitrogen and oxygen atoms in total. The van der Waals surface area contributed by atoms with Crippen LogP contribution in [0, 0.1) is 13.8 Å². The van der Waals surface area contributed by atoms with Crippen LogP contribution < -0.4 is 16.0 Å². The highest BCUT2D eigenvalue weighted by atomic mass is 79.9. The number of benzene rings is 1. The molecule has 0 aliphatic heterocycles. The fourth-order valence-corrected chi connectivity index (χ4v) is 2.03. The van der Waals surface area contributed by atoms with E-state index in [9.17, 15) is 0 Å². The number of nitrogen functional groups attached to an aromatic ring is 1. The lowest BCUT2D eigenvalue weighted by molar-refractivity contribution is 0.458. The number of anilines is 1. The lowest BCUT2D eigenvalue weighted by Crippen LogP contribution is -2.09. The van der Waals surface area contributed by atoms with E-state index in [0.29, 0.717) is 16.2 Å². The molecule has 0 spiro atoms. The van der Waals surface area contributed by atoms with Crippen molar-refractivity contribution in [3.63, 3.8) is 0 Å². The maximum Gasteiger partial charge on any atom is 0.238 e. The molecule has 0 fully saturated rings. The second-order valence-electron chi connectivity index (χ2n) is 3.91. The van der Waals surface area contributed by atoms with Gasteiger partial charge in [-0.3, -0.25) is 0 Å². The van der Waals surface area contributed by atoms with Crippen LogP contribution in [-0.2, 0) is 0 Å². The van der Waals surface area contributed by atoms with Gasteiger partial charge in [0, 0.05) is 0 Å². The molecule has 0 atom stereocenters. The summed E-state index contributed by atoms with van der Waals surface area (Å²) < 4.78 is 6.31. The van der Waals surface area contributed by atoms with Gasteiger partial charge in [0.05, 0.1) is 0 Å². The summed E-state index contributed by atoms with van der Waals surface area (Å²) in [4.78, 5) is 8.03. The summed E-state index contributed by atoms with van der Waals surface area (Å²) in [5, 5.41) is 0. The number of nitrogens with one attached hydrogen (secondary N) is 1. The third-order valence-corrected chi connectivity index (χ3v) is 3.02. The van der Waals surface area contributed by atoms with Crippen LogP contribution in [0.1, 0.15) is 11.1 Å². The molecule has 18 heavy (non-hydrogen) atoms. The standard InChI is InChI=1S/C12H13BrN4O/c1-7-3-8(2)5-9(4-7)18-12-10(13)11(17-14)15-6-16-12/h3-6H,14H2,1-2H3,(H,15,16,17). The first kappa shape index (κ1) is 12.8. The normalized spacial score (nSPS) is 10.2. The van der Waals surface area contributed by atoms with Gasteiger partial charge in [0.1, 0.15) is 16.5 Å². The zero-order valence-corrected chi connectivity index (χ0v) is 11.7. The molecular formula is C12H13BrN4O. The van der Waals surface area contributed by atoms with Gasteiger partial charge in [0.25, 0.3) is 0 Å². The van der Waals surface area contributed by atoms with E-state index in [1.54, 1.807) is 0 Å². The van der Waals surface area contributed by atoms with Crippen LogP contribution in [0.3, 0.4) is 0 Å². The molecule has 0 amide bonds. The summed E-state index contributed by atoms with van der Waals surface area (Å²) in [6.45, 7) is 4.03. The summed E-state index contributed by atoms with van der Waals surface area (Å²) in [5.41, 5.74) is 4.73. The van der Waals surface area contributed by atoms with E-state index in [-0.39, 0.29) is 0 Å². The molecule has 3 N–H and O–H groups in total. The Morgan fingerprint density at radius 2 is 1.83 bits per heavy atom. The Hall–Kier alpha value is -1.66. The van der Waals surface area contributed by atoms with E-state index in [0.717, 1.165) is 16.9 Å². The lowest BCUT2D eigenvalue weighted by Gasteiger charge is -2.10. The number of ether oxygens (including phenoxy) is 1. The zero-order chi connectivity index (χ0) is 13.1. The Kier molecular flexibility index (Phi) is 3.78. The molecular weight excluding hydrogens is 296 g/mol. The smallest absolute Gasteiger partial charge is 0.238 e. The van der Waals surface area contributed by atoms with Crippen molar-refractivity contribution < 1.29 is 4.74 Å². The van der Waals surface area contributed by atoms with E-state index in [4.69, 9.17) is 10.6 Å². The molecule has 0 saturated carbocycles. The van der Waals surface area contributed by atoms with Gasteiger partial charge in [0.15, 0.2) is 5.82 Å². The Balaban J connectivity index is 2.34. The molecule has 1 aromatic carbocycles. The van der Waals surface area contributed by atoms with Gasteiger partial charge >= 0.3 is 0 Å². The summed E-state index contributed by atoms with van der Waals surface area (Å²) in [6.07, 6.45) is 1.39. The Labute approximate surface area is 113 Å². The van der Waals surface area contributed by atoms with Gasteiger partial charge in [-0.2, -0.15) is 0 Å². The number of aryl methyl sites for hydroxylation is 2. The van der Waals surface area contributed by atoms with Gasteiger partial charge in [0.2, 0.25) is 5.88 Å². The number of hydrogen-bond acceptors (Lipinski definition) is 5. The van der Waals surface area contributed by atoms with Crippen molar-refractivity contribution in [1.29, 1.82) is 0 Å². The second kappa shape index (κ2) is 5.32. The van der Waals surface area contributed by atoms with Crippen LogP contribution in [0.2, 0.25) is 0 Å². The highest BCUT2D eigenvalue weighted by Gasteiger charge is 2.10. The Bertz CT molecular complexity index is 554. The molecule has 0 saturated heterocycles. The minimum Gasteiger partial charge on any atom is -0.438 e. The van der Waals surface area contributed by atoms with Crippen molar-refractivity contribution in [3.05, 3.63) is 40.1 Å². The first-order valence-electron chi connectivity index (χ1n) is 5.33. The summed E-state index contributed by atoms with van der Waals surface area (Å²) in [7, 11) is 0. The predicted octanol–water partition coefficient (Wildman–Crippen LogP) is 2.93. The molecule has 0 bridgehead atoms. The van der Waals surface area contributed by atoms with Crippen LogP contribution in [0.5, 0.6) is 11.6 Å². The molecule has 2 aromatic rings. The van der Waals surface area contributed by atoms with Crippen molar-refractivity contribution in [2.45, 2.75) is 13.8 Å². The first-order valence-corrected chi connectivity index (χ1v) is 6.12. The van der Waals surface area contributed by atoms with Crippen LogP contribution in [-0.4, -0.2) is 9.97 Å². The number of hydrogen-bond donors (Lipinski definition) is 2. The quantitative estimate of drug-likeness (QED) is 0.673. The molecule has 6 heteroatoms. The highest BCUT2D eigenvalue weighted by Crippen LogP contribution is 2.31. The second-order valence-corrected chi connectivity index (χ2v) is 4.70. The average molecular weight is 309 g/mol.